The van der Waals surface area contributed by atoms with E-state index in [-0.39, 0.29) is 30.1 Å². The van der Waals surface area contributed by atoms with Crippen LogP contribution in [0.3, 0.4) is 0 Å². The highest BCUT2D eigenvalue weighted by molar-refractivity contribution is 7.98. The number of piperidine rings is 1. The number of thioether (sulfide) groups is 1. The average molecular weight is 610 g/mol. The van der Waals surface area contributed by atoms with Crippen molar-refractivity contribution in [3.05, 3.63) is 102 Å². The summed E-state index contributed by atoms with van der Waals surface area (Å²) in [7, 11) is 1.65. The molecule has 0 aliphatic carbocycles. The predicted molar refractivity (Wildman–Crippen MR) is 169 cm³/mol. The number of rotatable bonds is 10. The van der Waals surface area contributed by atoms with Gasteiger partial charge in [0, 0.05) is 48.0 Å². The highest BCUT2D eigenvalue weighted by atomic mass is 32.2. The second kappa shape index (κ2) is 13.5. The van der Waals surface area contributed by atoms with Crippen molar-refractivity contribution >= 4 is 23.6 Å². The maximum absolute atomic E-state index is 13.6. The summed E-state index contributed by atoms with van der Waals surface area (Å²) >= 11 is 1.57. The zero-order valence-corrected chi connectivity index (χ0v) is 25.7. The molecule has 2 saturated heterocycles. The molecule has 2 fully saturated rings. The lowest BCUT2D eigenvalue weighted by Gasteiger charge is -2.39. The molecule has 3 heterocycles. The van der Waals surface area contributed by atoms with Gasteiger partial charge < -0.3 is 19.1 Å². The molecule has 8 nitrogen and oxygen atoms in total. The van der Waals surface area contributed by atoms with E-state index in [1.54, 1.807) is 44.1 Å². The summed E-state index contributed by atoms with van der Waals surface area (Å²) in [6, 6.07) is 25.0. The molecule has 4 aromatic rings. The van der Waals surface area contributed by atoms with Gasteiger partial charge in [-0.2, -0.15) is 0 Å². The van der Waals surface area contributed by atoms with Crippen molar-refractivity contribution in [2.75, 3.05) is 13.7 Å². The van der Waals surface area contributed by atoms with Gasteiger partial charge in [-0.25, -0.2) is 14.8 Å². The van der Waals surface area contributed by atoms with E-state index < -0.39 is 0 Å². The molecule has 2 unspecified atom stereocenters. The minimum atomic E-state index is -0.333. The molecular formula is C35H35N3O5S. The first-order valence-electron chi connectivity index (χ1n) is 15.0. The van der Waals surface area contributed by atoms with Crippen molar-refractivity contribution in [2.45, 2.75) is 61.7 Å². The fraction of sp³-hybridized carbons (Fsp3) is 0.314. The maximum atomic E-state index is 13.6. The number of ether oxygens (including phenoxy) is 3. The summed E-state index contributed by atoms with van der Waals surface area (Å²) in [6.07, 6.45) is 5.39. The first-order valence-corrected chi connectivity index (χ1v) is 15.9. The minimum absolute atomic E-state index is 0.0369. The van der Waals surface area contributed by atoms with E-state index in [9.17, 15) is 9.59 Å². The Morgan fingerprint density at radius 2 is 1.52 bits per heavy atom. The summed E-state index contributed by atoms with van der Waals surface area (Å²) < 4.78 is 16.6. The SMILES string of the molecule is CCOC(=O)c1ccc(OC2CC3CCC(C2)N3C(=O)c2ccc(CSc3nccc(-c4ccc(OC)cc4)n3)cc2)cc1. The number of fused-ring (bicyclic) bond motifs is 2. The maximum Gasteiger partial charge on any atom is 0.338 e. The van der Waals surface area contributed by atoms with Gasteiger partial charge in [0.25, 0.3) is 5.91 Å². The van der Waals surface area contributed by atoms with E-state index in [4.69, 9.17) is 19.2 Å². The molecule has 6 rings (SSSR count). The number of methoxy groups -OCH3 is 1. The van der Waals surface area contributed by atoms with E-state index in [2.05, 4.69) is 9.88 Å². The van der Waals surface area contributed by atoms with Crippen molar-refractivity contribution in [3.8, 4) is 22.8 Å². The molecular weight excluding hydrogens is 574 g/mol. The van der Waals surface area contributed by atoms with Crippen molar-refractivity contribution in [1.82, 2.24) is 14.9 Å². The highest BCUT2D eigenvalue weighted by Crippen LogP contribution is 2.38. The molecule has 2 aliphatic heterocycles. The number of carbonyl (C=O) groups excluding carboxylic acids is 2. The standard InChI is InChI=1S/C35H35N3O5S/c1-3-42-34(40)26-10-16-30(17-11-26)43-31-20-27-12-13-28(21-31)38(27)33(39)25-6-4-23(5-7-25)22-44-35-36-19-18-32(37-35)24-8-14-29(41-2)15-9-24/h4-11,14-19,27-28,31H,3,12-13,20-22H2,1-2H3. The Bertz CT molecular complexity index is 1580. The molecule has 0 saturated carbocycles. The van der Waals surface area contributed by atoms with Gasteiger partial charge in [0.1, 0.15) is 17.6 Å². The van der Waals surface area contributed by atoms with Gasteiger partial charge in [-0.3, -0.25) is 4.79 Å². The smallest absolute Gasteiger partial charge is 0.338 e. The third kappa shape index (κ3) is 6.73. The first-order chi connectivity index (χ1) is 21.5. The molecule has 2 bridgehead atoms. The largest absolute Gasteiger partial charge is 0.497 e. The monoisotopic (exact) mass is 609 g/mol. The molecule has 2 atom stereocenters. The molecule has 0 radical (unpaired) electrons. The number of hydrogen-bond acceptors (Lipinski definition) is 8. The average Bonchev–Trinajstić information content (AvgIpc) is 3.33. The van der Waals surface area contributed by atoms with Crippen LogP contribution < -0.4 is 9.47 Å². The minimum Gasteiger partial charge on any atom is -0.497 e. The van der Waals surface area contributed by atoms with Gasteiger partial charge in [0.15, 0.2) is 5.16 Å². The number of nitrogens with zero attached hydrogens (tertiary/aromatic N) is 3. The van der Waals surface area contributed by atoms with Crippen molar-refractivity contribution < 1.29 is 23.8 Å². The Labute approximate surface area is 261 Å². The number of aromatic nitrogens is 2. The van der Waals surface area contributed by atoms with Crippen LogP contribution in [0.25, 0.3) is 11.3 Å². The van der Waals surface area contributed by atoms with E-state index in [1.165, 1.54) is 0 Å². The number of amides is 1. The Morgan fingerprint density at radius 3 is 2.18 bits per heavy atom. The fourth-order valence-corrected chi connectivity index (χ4v) is 6.79. The summed E-state index contributed by atoms with van der Waals surface area (Å²) in [5.74, 6) is 2.00. The highest BCUT2D eigenvalue weighted by Gasteiger charge is 2.44. The van der Waals surface area contributed by atoms with Gasteiger partial charge in [0.05, 0.1) is 25.0 Å². The lowest BCUT2D eigenvalue weighted by Crippen LogP contribution is -2.49. The number of esters is 1. The van der Waals surface area contributed by atoms with Crippen LogP contribution in [0.1, 0.15) is 58.9 Å². The third-order valence-corrected chi connectivity index (χ3v) is 9.11. The second-order valence-corrected chi connectivity index (χ2v) is 11.9. The number of benzene rings is 3. The fourth-order valence-electron chi connectivity index (χ4n) is 6.00. The summed E-state index contributed by atoms with van der Waals surface area (Å²) in [5.41, 5.74) is 4.20. The Morgan fingerprint density at radius 1 is 0.864 bits per heavy atom. The molecule has 9 heteroatoms. The van der Waals surface area contributed by atoms with E-state index in [1.807, 2.05) is 66.7 Å². The van der Waals surface area contributed by atoms with Crippen LogP contribution in [0.4, 0.5) is 0 Å². The Kier molecular flexibility index (Phi) is 9.12. The quantitative estimate of drug-likeness (QED) is 0.110. The number of carbonyl (C=O) groups is 2. The molecule has 1 aromatic heterocycles. The first kappa shape index (κ1) is 29.7. The van der Waals surface area contributed by atoms with Crippen LogP contribution in [-0.2, 0) is 10.5 Å². The van der Waals surface area contributed by atoms with Crippen molar-refractivity contribution in [3.63, 3.8) is 0 Å². The zero-order valence-electron chi connectivity index (χ0n) is 24.8. The molecule has 0 N–H and O–H groups in total. The normalized spacial score (nSPS) is 19.0. The van der Waals surface area contributed by atoms with E-state index in [0.29, 0.717) is 28.6 Å². The van der Waals surface area contributed by atoms with Gasteiger partial charge in [-0.05, 0) is 92.1 Å². The van der Waals surface area contributed by atoms with Crippen molar-refractivity contribution in [1.29, 1.82) is 0 Å². The Hall–Kier alpha value is -4.37. The van der Waals surface area contributed by atoms with E-state index >= 15 is 0 Å². The summed E-state index contributed by atoms with van der Waals surface area (Å²) in [4.78, 5) is 36.7. The van der Waals surface area contributed by atoms with Gasteiger partial charge in [-0.1, -0.05) is 23.9 Å². The van der Waals surface area contributed by atoms with Crippen LogP contribution >= 0.6 is 11.8 Å². The number of hydrogen-bond donors (Lipinski definition) is 0. The van der Waals surface area contributed by atoms with Gasteiger partial charge in [0.2, 0.25) is 0 Å². The van der Waals surface area contributed by atoms with Crippen LogP contribution in [0.2, 0.25) is 0 Å². The summed E-state index contributed by atoms with van der Waals surface area (Å²) in [5, 5.41) is 0.704. The van der Waals surface area contributed by atoms with E-state index in [0.717, 1.165) is 54.0 Å². The molecule has 44 heavy (non-hydrogen) atoms. The van der Waals surface area contributed by atoms with Gasteiger partial charge in [-0.15, -0.1) is 0 Å². The molecule has 2 aliphatic rings. The topological polar surface area (TPSA) is 90.9 Å². The Balaban J connectivity index is 1.03. The molecule has 226 valence electrons. The lowest BCUT2D eigenvalue weighted by molar-refractivity contribution is 0.0359. The molecule has 3 aromatic carbocycles. The van der Waals surface area contributed by atoms with Crippen LogP contribution in [-0.4, -0.2) is 58.6 Å². The summed E-state index contributed by atoms with van der Waals surface area (Å²) in [6.45, 7) is 2.13. The molecule has 1 amide bonds. The van der Waals surface area contributed by atoms with Crippen LogP contribution in [0.15, 0.2) is 90.2 Å². The third-order valence-electron chi connectivity index (χ3n) is 8.18. The zero-order chi connectivity index (χ0) is 30.5. The molecule has 0 spiro atoms. The van der Waals surface area contributed by atoms with Crippen LogP contribution in [0.5, 0.6) is 11.5 Å². The second-order valence-electron chi connectivity index (χ2n) is 11.0. The van der Waals surface area contributed by atoms with Gasteiger partial charge >= 0.3 is 5.97 Å². The van der Waals surface area contributed by atoms with Crippen LogP contribution in [0, 0.1) is 0 Å². The predicted octanol–water partition coefficient (Wildman–Crippen LogP) is 6.84. The van der Waals surface area contributed by atoms with Crippen molar-refractivity contribution in [2.24, 2.45) is 0 Å². The lowest BCUT2D eigenvalue weighted by atomic mass is 9.98.